The first-order valence-electron chi connectivity index (χ1n) is 8.20. The van der Waals surface area contributed by atoms with Gasteiger partial charge in [0.25, 0.3) is 0 Å². The molecule has 0 N–H and O–H groups in total. The highest BCUT2D eigenvalue weighted by Crippen LogP contribution is 2.33. The maximum Gasteiger partial charge on any atom is 0.0541 e. The number of para-hydroxylation sites is 2. The van der Waals surface area contributed by atoms with Crippen molar-refractivity contribution in [3.8, 4) is 5.69 Å². The molecule has 0 saturated carbocycles. The molecule has 1 heteroatoms. The zero-order chi connectivity index (χ0) is 16.5. The number of benzene rings is 3. The lowest BCUT2D eigenvalue weighted by atomic mass is 10.0. The van der Waals surface area contributed by atoms with Crippen molar-refractivity contribution in [1.82, 2.24) is 4.57 Å². The summed E-state index contributed by atoms with van der Waals surface area (Å²) in [4.78, 5) is 0. The number of hydrogen-bond donors (Lipinski definition) is 0. The highest BCUT2D eigenvalue weighted by atomic mass is 15.0. The third-order valence-corrected chi connectivity index (χ3v) is 4.43. The molecule has 4 aromatic rings. The molecule has 0 fully saturated rings. The van der Waals surface area contributed by atoms with E-state index in [4.69, 9.17) is 0 Å². The van der Waals surface area contributed by atoms with Crippen LogP contribution in [0.3, 0.4) is 0 Å². The molecule has 0 aliphatic heterocycles. The molecule has 3 aromatic carbocycles. The van der Waals surface area contributed by atoms with E-state index in [9.17, 15) is 0 Å². The summed E-state index contributed by atoms with van der Waals surface area (Å²) in [6, 6.07) is 25.7. The van der Waals surface area contributed by atoms with Crippen LogP contribution in [0.1, 0.15) is 12.5 Å². The van der Waals surface area contributed by atoms with Gasteiger partial charge in [-0.25, -0.2) is 0 Å². The summed E-state index contributed by atoms with van der Waals surface area (Å²) in [6.07, 6.45) is 4.08. The molecule has 0 amide bonds. The first kappa shape index (κ1) is 14.5. The molecular weight excluding hydrogens is 290 g/mol. The van der Waals surface area contributed by atoms with Crippen LogP contribution in [0.4, 0.5) is 0 Å². The van der Waals surface area contributed by atoms with Crippen molar-refractivity contribution in [1.29, 1.82) is 0 Å². The van der Waals surface area contributed by atoms with Crippen molar-refractivity contribution in [3.05, 3.63) is 97.1 Å². The SMILES string of the molecule is C=C(/C=C\C)c1ccc2c(c1)c1ccccc1n2-c1ccccc1. The van der Waals surface area contributed by atoms with E-state index in [1.807, 2.05) is 13.0 Å². The minimum Gasteiger partial charge on any atom is -0.309 e. The molecule has 0 saturated heterocycles. The monoisotopic (exact) mass is 309 g/mol. The van der Waals surface area contributed by atoms with Gasteiger partial charge in [0.05, 0.1) is 11.0 Å². The van der Waals surface area contributed by atoms with Crippen molar-refractivity contribution in [2.45, 2.75) is 6.92 Å². The number of nitrogens with zero attached hydrogens (tertiary/aromatic N) is 1. The van der Waals surface area contributed by atoms with Gasteiger partial charge in [0.1, 0.15) is 0 Å². The fraction of sp³-hybridized carbons (Fsp3) is 0.0435. The van der Waals surface area contributed by atoms with Crippen molar-refractivity contribution in [2.24, 2.45) is 0 Å². The van der Waals surface area contributed by atoms with Crippen LogP contribution >= 0.6 is 0 Å². The zero-order valence-corrected chi connectivity index (χ0v) is 13.7. The summed E-state index contributed by atoms with van der Waals surface area (Å²) >= 11 is 0. The molecule has 116 valence electrons. The minimum absolute atomic E-state index is 1.04. The van der Waals surface area contributed by atoms with Gasteiger partial charge >= 0.3 is 0 Å². The zero-order valence-electron chi connectivity index (χ0n) is 13.7. The largest absolute Gasteiger partial charge is 0.309 e. The second kappa shape index (κ2) is 5.86. The molecule has 0 unspecified atom stereocenters. The molecule has 24 heavy (non-hydrogen) atoms. The Morgan fingerprint density at radius 1 is 0.833 bits per heavy atom. The van der Waals surface area contributed by atoms with E-state index in [1.54, 1.807) is 0 Å². The van der Waals surface area contributed by atoms with E-state index in [-0.39, 0.29) is 0 Å². The minimum atomic E-state index is 1.04. The first-order valence-corrected chi connectivity index (χ1v) is 8.20. The molecule has 1 heterocycles. The molecule has 0 aliphatic rings. The topological polar surface area (TPSA) is 4.93 Å². The molecule has 4 rings (SSSR count). The molecule has 0 aliphatic carbocycles. The summed E-state index contributed by atoms with van der Waals surface area (Å²) in [5, 5.41) is 2.53. The van der Waals surface area contributed by atoms with Gasteiger partial charge in [-0.1, -0.05) is 61.2 Å². The first-order chi connectivity index (χ1) is 11.8. The summed E-state index contributed by atoms with van der Waals surface area (Å²) in [6.45, 7) is 6.19. The number of allylic oxidation sites excluding steroid dienone is 3. The molecule has 0 radical (unpaired) electrons. The average Bonchev–Trinajstić information content (AvgIpc) is 2.96. The Morgan fingerprint density at radius 2 is 1.54 bits per heavy atom. The Labute approximate surface area is 142 Å². The van der Waals surface area contributed by atoms with Crippen LogP contribution in [-0.2, 0) is 0 Å². The fourth-order valence-electron chi connectivity index (χ4n) is 3.33. The van der Waals surface area contributed by atoms with Crippen LogP contribution in [0.2, 0.25) is 0 Å². The van der Waals surface area contributed by atoms with Gasteiger partial charge in [-0.2, -0.15) is 0 Å². The van der Waals surface area contributed by atoms with Crippen molar-refractivity contribution in [2.75, 3.05) is 0 Å². The molecule has 0 bridgehead atoms. The third-order valence-electron chi connectivity index (χ3n) is 4.43. The van der Waals surface area contributed by atoms with Crippen LogP contribution in [0, 0.1) is 0 Å². The van der Waals surface area contributed by atoms with E-state index in [2.05, 4.69) is 90.0 Å². The normalized spacial score (nSPS) is 11.5. The van der Waals surface area contributed by atoms with Crippen LogP contribution in [-0.4, -0.2) is 4.57 Å². The second-order valence-electron chi connectivity index (χ2n) is 5.95. The Morgan fingerprint density at radius 3 is 2.33 bits per heavy atom. The quantitative estimate of drug-likeness (QED) is 0.387. The highest BCUT2D eigenvalue weighted by Gasteiger charge is 2.12. The maximum atomic E-state index is 4.17. The summed E-state index contributed by atoms with van der Waals surface area (Å²) in [5.74, 6) is 0. The van der Waals surface area contributed by atoms with E-state index in [0.717, 1.165) is 11.1 Å². The Hall–Kier alpha value is -3.06. The summed E-state index contributed by atoms with van der Waals surface area (Å²) in [5.41, 5.74) is 5.84. The smallest absolute Gasteiger partial charge is 0.0541 e. The van der Waals surface area contributed by atoms with Gasteiger partial charge in [0.2, 0.25) is 0 Å². The van der Waals surface area contributed by atoms with Gasteiger partial charge in [0, 0.05) is 16.5 Å². The average molecular weight is 309 g/mol. The van der Waals surface area contributed by atoms with E-state index in [1.165, 1.54) is 27.5 Å². The Balaban J connectivity index is 2.07. The lowest BCUT2D eigenvalue weighted by molar-refractivity contribution is 1.18. The Kier molecular flexibility index (Phi) is 3.55. The lowest BCUT2D eigenvalue weighted by Crippen LogP contribution is -1.92. The van der Waals surface area contributed by atoms with Crippen LogP contribution in [0.25, 0.3) is 33.1 Å². The maximum absolute atomic E-state index is 4.17. The van der Waals surface area contributed by atoms with Gasteiger partial charge in [0.15, 0.2) is 0 Å². The molecule has 0 atom stereocenters. The van der Waals surface area contributed by atoms with Crippen molar-refractivity contribution in [3.63, 3.8) is 0 Å². The summed E-state index contributed by atoms with van der Waals surface area (Å²) < 4.78 is 2.33. The van der Waals surface area contributed by atoms with Crippen molar-refractivity contribution < 1.29 is 0 Å². The molecule has 1 nitrogen and oxygen atoms in total. The Bertz CT molecular complexity index is 1070. The third kappa shape index (κ3) is 2.26. The van der Waals surface area contributed by atoms with E-state index in [0.29, 0.717) is 0 Å². The lowest BCUT2D eigenvalue weighted by Gasteiger charge is -2.08. The highest BCUT2D eigenvalue weighted by molar-refractivity contribution is 6.10. The summed E-state index contributed by atoms with van der Waals surface area (Å²) in [7, 11) is 0. The van der Waals surface area contributed by atoms with E-state index < -0.39 is 0 Å². The van der Waals surface area contributed by atoms with Gasteiger partial charge < -0.3 is 4.57 Å². The van der Waals surface area contributed by atoms with E-state index >= 15 is 0 Å². The fourth-order valence-corrected chi connectivity index (χ4v) is 3.33. The number of fused-ring (bicyclic) bond motifs is 3. The van der Waals surface area contributed by atoms with Gasteiger partial charge in [-0.3, -0.25) is 0 Å². The van der Waals surface area contributed by atoms with Gasteiger partial charge in [-0.15, -0.1) is 0 Å². The number of hydrogen-bond acceptors (Lipinski definition) is 0. The van der Waals surface area contributed by atoms with Gasteiger partial charge in [-0.05, 0) is 48.4 Å². The van der Waals surface area contributed by atoms with Crippen LogP contribution < -0.4 is 0 Å². The molecule has 1 aromatic heterocycles. The number of aromatic nitrogens is 1. The molecular formula is C23H19N. The predicted octanol–water partition coefficient (Wildman–Crippen LogP) is 6.37. The predicted molar refractivity (Wildman–Crippen MR) is 105 cm³/mol. The number of rotatable bonds is 3. The van der Waals surface area contributed by atoms with Crippen molar-refractivity contribution >= 4 is 27.4 Å². The molecule has 0 spiro atoms. The van der Waals surface area contributed by atoms with Crippen LogP contribution in [0.5, 0.6) is 0 Å². The standard InChI is InChI=1S/C23H19N/c1-3-9-17(2)18-14-15-23-21(16-18)20-12-7-8-13-22(20)24(23)19-10-5-4-6-11-19/h3-16H,2H2,1H3/b9-3-. The second-order valence-corrected chi connectivity index (χ2v) is 5.95. The van der Waals surface area contributed by atoms with Crippen LogP contribution in [0.15, 0.2) is 91.5 Å².